The molecule has 25 heavy (non-hydrogen) atoms. The monoisotopic (exact) mass is 359 g/mol. The summed E-state index contributed by atoms with van der Waals surface area (Å²) in [4.78, 5) is 23.9. The van der Waals surface area contributed by atoms with Crippen LogP contribution in [0.15, 0.2) is 24.3 Å². The third-order valence-corrected chi connectivity index (χ3v) is 4.36. The number of nitrogens with one attached hydrogen (secondary N) is 1. The van der Waals surface area contributed by atoms with Crippen molar-refractivity contribution in [2.75, 3.05) is 13.2 Å². The smallest absolute Gasteiger partial charge is 0.416 e. The maximum absolute atomic E-state index is 12.8. The molecule has 0 bridgehead atoms. The molecule has 1 atom stereocenters. The fraction of sp³-hybridized carbons (Fsp3) is 0.529. The van der Waals surface area contributed by atoms with Gasteiger partial charge in [-0.15, -0.1) is 0 Å². The Labute approximate surface area is 143 Å². The molecular weight excluding hydrogens is 339 g/mol. The molecule has 1 heterocycles. The average Bonchev–Trinajstić information content (AvgIpc) is 2.55. The lowest BCUT2D eigenvalue weighted by Gasteiger charge is -2.34. The van der Waals surface area contributed by atoms with Crippen molar-refractivity contribution in [1.29, 1.82) is 0 Å². The lowest BCUT2D eigenvalue weighted by Crippen LogP contribution is -2.58. The largest absolute Gasteiger partial charge is 0.480 e. The van der Waals surface area contributed by atoms with Crippen LogP contribution in [0.4, 0.5) is 13.2 Å². The van der Waals surface area contributed by atoms with Crippen LogP contribution < -0.4 is 5.32 Å². The van der Waals surface area contributed by atoms with E-state index in [-0.39, 0.29) is 32.5 Å². The van der Waals surface area contributed by atoms with Crippen LogP contribution >= 0.6 is 0 Å². The van der Waals surface area contributed by atoms with Gasteiger partial charge in [-0.3, -0.25) is 4.79 Å². The number of carboxylic acids is 1. The highest BCUT2D eigenvalue weighted by molar-refractivity contribution is 5.88. The Hall–Kier alpha value is -2.09. The molecule has 0 spiro atoms. The van der Waals surface area contributed by atoms with E-state index in [1.165, 1.54) is 12.1 Å². The summed E-state index contributed by atoms with van der Waals surface area (Å²) in [5.74, 6) is -2.29. The zero-order valence-corrected chi connectivity index (χ0v) is 13.7. The van der Waals surface area contributed by atoms with Crippen molar-refractivity contribution >= 4 is 11.9 Å². The highest BCUT2D eigenvalue weighted by atomic mass is 19.4. The molecule has 5 nitrogen and oxygen atoms in total. The topological polar surface area (TPSA) is 75.6 Å². The van der Waals surface area contributed by atoms with Crippen LogP contribution in [0.3, 0.4) is 0 Å². The van der Waals surface area contributed by atoms with E-state index in [1.54, 1.807) is 6.92 Å². The van der Waals surface area contributed by atoms with Gasteiger partial charge in [-0.05, 0) is 18.1 Å². The van der Waals surface area contributed by atoms with Gasteiger partial charge >= 0.3 is 12.1 Å². The Kier molecular flexibility index (Phi) is 5.72. The second-order valence-electron chi connectivity index (χ2n) is 6.29. The van der Waals surface area contributed by atoms with Gasteiger partial charge in [-0.2, -0.15) is 13.2 Å². The van der Waals surface area contributed by atoms with E-state index in [0.717, 1.165) is 12.1 Å². The van der Waals surface area contributed by atoms with Gasteiger partial charge < -0.3 is 15.2 Å². The van der Waals surface area contributed by atoms with E-state index < -0.39 is 35.1 Å². The first-order valence-electron chi connectivity index (χ1n) is 7.93. The first kappa shape index (κ1) is 19.2. The molecular formula is C17H20F3NO4. The van der Waals surface area contributed by atoms with Crippen LogP contribution in [-0.2, 0) is 26.9 Å². The number of benzene rings is 1. The van der Waals surface area contributed by atoms with E-state index in [1.807, 2.05) is 0 Å². The Bertz CT molecular complexity index is 639. The van der Waals surface area contributed by atoms with Crippen molar-refractivity contribution in [2.45, 2.75) is 37.9 Å². The molecule has 1 aliphatic rings. The van der Waals surface area contributed by atoms with Crippen LogP contribution in [0, 0.1) is 5.92 Å². The first-order chi connectivity index (χ1) is 11.6. The number of hydrogen-bond acceptors (Lipinski definition) is 3. The maximum Gasteiger partial charge on any atom is 0.416 e. The van der Waals surface area contributed by atoms with Gasteiger partial charge in [0.05, 0.1) is 5.56 Å². The lowest BCUT2D eigenvalue weighted by atomic mass is 9.88. The summed E-state index contributed by atoms with van der Waals surface area (Å²) in [5, 5.41) is 12.0. The molecule has 0 radical (unpaired) electrons. The summed E-state index contributed by atoms with van der Waals surface area (Å²) in [6.07, 6.45) is -4.05. The molecule has 1 unspecified atom stereocenters. The van der Waals surface area contributed by atoms with E-state index in [4.69, 9.17) is 4.74 Å². The third-order valence-electron chi connectivity index (χ3n) is 4.36. The summed E-state index contributed by atoms with van der Waals surface area (Å²) >= 11 is 0. The predicted octanol–water partition coefficient (Wildman–Crippen LogP) is 2.63. The molecule has 1 aromatic rings. The molecule has 1 saturated heterocycles. The van der Waals surface area contributed by atoms with Crippen molar-refractivity contribution in [3.63, 3.8) is 0 Å². The van der Waals surface area contributed by atoms with E-state index >= 15 is 0 Å². The Morgan fingerprint density at radius 2 is 1.96 bits per heavy atom. The average molecular weight is 359 g/mol. The Balaban J connectivity index is 2.06. The zero-order valence-electron chi connectivity index (χ0n) is 13.7. The number of aliphatic carboxylic acids is 1. The lowest BCUT2D eigenvalue weighted by molar-refractivity contribution is -0.152. The molecule has 2 rings (SSSR count). The Morgan fingerprint density at radius 3 is 2.52 bits per heavy atom. The number of ether oxygens (including phenoxy) is 1. The van der Waals surface area contributed by atoms with Gasteiger partial charge in [0.25, 0.3) is 0 Å². The number of halogens is 3. The predicted molar refractivity (Wildman–Crippen MR) is 82.9 cm³/mol. The van der Waals surface area contributed by atoms with Crippen LogP contribution in [0.5, 0.6) is 0 Å². The molecule has 1 aromatic carbocycles. The molecule has 0 aliphatic carbocycles. The van der Waals surface area contributed by atoms with Crippen LogP contribution in [0.1, 0.15) is 30.9 Å². The molecule has 8 heteroatoms. The van der Waals surface area contributed by atoms with Crippen molar-refractivity contribution in [1.82, 2.24) is 5.32 Å². The van der Waals surface area contributed by atoms with Crippen molar-refractivity contribution in [3.05, 3.63) is 35.4 Å². The van der Waals surface area contributed by atoms with Gasteiger partial charge in [0.2, 0.25) is 5.91 Å². The molecule has 2 N–H and O–H groups in total. The molecule has 1 aliphatic heterocycles. The number of carbonyl (C=O) groups is 2. The second-order valence-corrected chi connectivity index (χ2v) is 6.29. The number of alkyl halides is 3. The van der Waals surface area contributed by atoms with E-state index in [2.05, 4.69) is 5.32 Å². The van der Waals surface area contributed by atoms with E-state index in [0.29, 0.717) is 5.56 Å². The van der Waals surface area contributed by atoms with Gasteiger partial charge in [0, 0.05) is 32.0 Å². The minimum absolute atomic E-state index is 0.0853. The first-order valence-corrected chi connectivity index (χ1v) is 7.93. The van der Waals surface area contributed by atoms with Gasteiger partial charge in [0.1, 0.15) is 5.54 Å². The minimum atomic E-state index is -4.45. The SMILES string of the molecule is CC(Cc1cccc(C(F)(F)F)c1)C(=O)NC1(C(=O)O)CCOCC1. The minimum Gasteiger partial charge on any atom is -0.480 e. The van der Waals surface area contributed by atoms with Crippen molar-refractivity contribution in [3.8, 4) is 0 Å². The highest BCUT2D eigenvalue weighted by Gasteiger charge is 2.42. The highest BCUT2D eigenvalue weighted by Crippen LogP contribution is 2.30. The van der Waals surface area contributed by atoms with Gasteiger partial charge in [-0.1, -0.05) is 25.1 Å². The summed E-state index contributed by atoms with van der Waals surface area (Å²) in [6.45, 7) is 2.02. The fourth-order valence-electron chi connectivity index (χ4n) is 2.79. The zero-order chi connectivity index (χ0) is 18.7. The summed E-state index contributed by atoms with van der Waals surface area (Å²) < 4.78 is 43.4. The van der Waals surface area contributed by atoms with Crippen molar-refractivity contribution < 1.29 is 32.6 Å². The Morgan fingerprint density at radius 1 is 1.32 bits per heavy atom. The number of carboxylic acid groups (broad SMARTS) is 1. The molecule has 1 amide bonds. The summed E-state index contributed by atoms with van der Waals surface area (Å²) in [7, 11) is 0. The van der Waals surface area contributed by atoms with Gasteiger partial charge in [0.15, 0.2) is 0 Å². The molecule has 0 aromatic heterocycles. The standard InChI is InChI=1S/C17H20F3NO4/c1-11(9-12-3-2-4-13(10-12)17(18,19)20)14(22)21-16(15(23)24)5-7-25-8-6-16/h2-4,10-11H,5-9H2,1H3,(H,21,22)(H,23,24). The van der Waals surface area contributed by atoms with Gasteiger partial charge in [-0.25, -0.2) is 4.79 Å². The quantitative estimate of drug-likeness (QED) is 0.848. The van der Waals surface area contributed by atoms with Crippen LogP contribution in [0.2, 0.25) is 0 Å². The third kappa shape index (κ3) is 4.72. The van der Waals surface area contributed by atoms with Crippen LogP contribution in [0.25, 0.3) is 0 Å². The van der Waals surface area contributed by atoms with Crippen molar-refractivity contribution in [2.24, 2.45) is 5.92 Å². The second kappa shape index (κ2) is 7.43. The summed E-state index contributed by atoms with van der Waals surface area (Å²) in [5.41, 5.74) is -1.78. The molecule has 138 valence electrons. The fourth-order valence-corrected chi connectivity index (χ4v) is 2.79. The number of carbonyl (C=O) groups excluding carboxylic acids is 1. The number of rotatable bonds is 5. The summed E-state index contributed by atoms with van der Waals surface area (Å²) in [6, 6.07) is 4.78. The molecule has 0 saturated carbocycles. The van der Waals surface area contributed by atoms with E-state index in [9.17, 15) is 27.9 Å². The number of amides is 1. The maximum atomic E-state index is 12.8. The molecule has 1 fully saturated rings. The normalized spacial score (nSPS) is 18.4. The number of hydrogen-bond donors (Lipinski definition) is 2. The van der Waals surface area contributed by atoms with Crippen LogP contribution in [-0.4, -0.2) is 35.7 Å².